The molecule has 0 aliphatic rings. The Morgan fingerprint density at radius 2 is 1.88 bits per heavy atom. The fraction of sp³-hybridized carbons (Fsp3) is 0.556. The van der Waals surface area contributed by atoms with Crippen molar-refractivity contribution < 1.29 is 23.0 Å². The van der Waals surface area contributed by atoms with Crippen molar-refractivity contribution in [3.8, 4) is 5.75 Å². The van der Waals surface area contributed by atoms with Crippen LogP contribution >= 0.6 is 0 Å². The first-order chi connectivity index (χ1) is 12.6. The van der Waals surface area contributed by atoms with Gasteiger partial charge in [-0.1, -0.05) is 31.0 Å². The molecule has 2 N–H and O–H groups in total. The highest BCUT2D eigenvalue weighted by molar-refractivity contribution is 5.79. The maximum Gasteiger partial charge on any atom is 0.387 e. The van der Waals surface area contributed by atoms with E-state index >= 15 is 0 Å². The van der Waals surface area contributed by atoms with Gasteiger partial charge in [-0.05, 0) is 18.9 Å². The van der Waals surface area contributed by atoms with Gasteiger partial charge in [0.1, 0.15) is 5.75 Å². The lowest BCUT2D eigenvalue weighted by atomic mass is 10.1. The normalized spacial score (nSPS) is 11.3. The molecule has 0 heterocycles. The zero-order chi connectivity index (χ0) is 19.2. The molecule has 6 nitrogen and oxygen atoms in total. The van der Waals surface area contributed by atoms with Gasteiger partial charge in [0.15, 0.2) is 5.96 Å². The van der Waals surface area contributed by atoms with Crippen molar-refractivity contribution in [3.63, 3.8) is 0 Å². The summed E-state index contributed by atoms with van der Waals surface area (Å²) in [5, 5.41) is 6.25. The molecule has 0 radical (unpaired) electrons. The van der Waals surface area contributed by atoms with E-state index in [1.54, 1.807) is 25.2 Å². The van der Waals surface area contributed by atoms with E-state index in [1.165, 1.54) is 13.2 Å². The van der Waals surface area contributed by atoms with Crippen LogP contribution in [0.1, 0.15) is 37.7 Å². The number of nitrogens with zero attached hydrogens (tertiary/aromatic N) is 1. The Morgan fingerprint density at radius 3 is 2.58 bits per heavy atom. The van der Waals surface area contributed by atoms with Crippen LogP contribution in [0.25, 0.3) is 0 Å². The minimum atomic E-state index is -2.85. The molecular weight excluding hydrogens is 344 g/mol. The molecule has 146 valence electrons. The number of unbranched alkanes of at least 4 members (excludes halogenated alkanes) is 3. The number of carbonyl (C=O) groups is 1. The number of benzene rings is 1. The lowest BCUT2D eigenvalue weighted by Gasteiger charge is -2.14. The molecule has 0 aliphatic carbocycles. The smallest absolute Gasteiger partial charge is 0.387 e. The standard InChI is InChI=1S/C18H27F2N3O3/c1-21-18(22-12-8-4-3-5-11-16(24)25-2)23-13-14-9-6-7-10-15(14)26-17(19)20/h6-7,9-10,17H,3-5,8,11-13H2,1-2H3,(H2,21,22,23). The van der Waals surface area contributed by atoms with Gasteiger partial charge in [0, 0.05) is 32.1 Å². The molecule has 1 rings (SSSR count). The van der Waals surface area contributed by atoms with Crippen molar-refractivity contribution >= 4 is 11.9 Å². The Balaban J connectivity index is 2.26. The van der Waals surface area contributed by atoms with Gasteiger partial charge in [-0.3, -0.25) is 9.79 Å². The first kappa shape index (κ1) is 21.7. The van der Waals surface area contributed by atoms with Crippen LogP contribution in [0, 0.1) is 0 Å². The van der Waals surface area contributed by atoms with E-state index in [0.29, 0.717) is 24.5 Å². The lowest BCUT2D eigenvalue weighted by Crippen LogP contribution is -2.37. The fourth-order valence-corrected chi connectivity index (χ4v) is 2.32. The molecule has 0 aliphatic heterocycles. The largest absolute Gasteiger partial charge is 0.469 e. The van der Waals surface area contributed by atoms with Crippen molar-refractivity contribution in [2.45, 2.75) is 45.3 Å². The Bertz CT molecular complexity index is 568. The predicted octanol–water partition coefficient (Wildman–Crippen LogP) is 3.08. The Hall–Kier alpha value is -2.38. The van der Waals surface area contributed by atoms with Gasteiger partial charge < -0.3 is 20.1 Å². The third-order valence-electron chi connectivity index (χ3n) is 3.69. The molecule has 0 fully saturated rings. The number of hydrogen-bond donors (Lipinski definition) is 2. The number of methoxy groups -OCH3 is 1. The number of alkyl halides is 2. The van der Waals surface area contributed by atoms with E-state index in [9.17, 15) is 13.6 Å². The van der Waals surface area contributed by atoms with E-state index in [0.717, 1.165) is 32.2 Å². The number of ether oxygens (including phenoxy) is 2. The van der Waals surface area contributed by atoms with Gasteiger partial charge >= 0.3 is 12.6 Å². The SMILES string of the molecule is CN=C(NCCCCCCC(=O)OC)NCc1ccccc1OC(F)F. The van der Waals surface area contributed by atoms with E-state index in [1.807, 2.05) is 0 Å². The summed E-state index contributed by atoms with van der Waals surface area (Å²) in [7, 11) is 3.04. The molecule has 0 amide bonds. The zero-order valence-electron chi connectivity index (χ0n) is 15.3. The van der Waals surface area contributed by atoms with E-state index in [4.69, 9.17) is 0 Å². The lowest BCUT2D eigenvalue weighted by molar-refractivity contribution is -0.140. The van der Waals surface area contributed by atoms with E-state index in [-0.39, 0.29) is 11.7 Å². The van der Waals surface area contributed by atoms with Crippen molar-refractivity contribution in [1.29, 1.82) is 0 Å². The number of nitrogens with one attached hydrogen (secondary N) is 2. The average molecular weight is 371 g/mol. The molecule has 0 spiro atoms. The highest BCUT2D eigenvalue weighted by Gasteiger charge is 2.09. The van der Waals surface area contributed by atoms with Crippen LogP contribution in [0.15, 0.2) is 29.3 Å². The third kappa shape index (κ3) is 9.19. The molecule has 0 saturated carbocycles. The molecule has 1 aromatic rings. The van der Waals surface area contributed by atoms with Gasteiger partial charge in [0.25, 0.3) is 0 Å². The van der Waals surface area contributed by atoms with Crippen LogP contribution in [0.2, 0.25) is 0 Å². The molecule has 8 heteroatoms. The summed E-state index contributed by atoms with van der Waals surface area (Å²) in [6.07, 6.45) is 4.16. The molecular formula is C18H27F2N3O3. The summed E-state index contributed by atoms with van der Waals surface area (Å²) in [5.41, 5.74) is 0.624. The monoisotopic (exact) mass is 371 g/mol. The van der Waals surface area contributed by atoms with E-state index < -0.39 is 6.61 Å². The van der Waals surface area contributed by atoms with Crippen molar-refractivity contribution in [2.75, 3.05) is 20.7 Å². The van der Waals surface area contributed by atoms with Crippen LogP contribution in [0.4, 0.5) is 8.78 Å². The van der Waals surface area contributed by atoms with Crippen LogP contribution in [-0.4, -0.2) is 39.2 Å². The van der Waals surface area contributed by atoms with E-state index in [2.05, 4.69) is 25.1 Å². The first-order valence-electron chi connectivity index (χ1n) is 8.61. The van der Waals surface area contributed by atoms with Crippen molar-refractivity contribution in [2.24, 2.45) is 4.99 Å². The molecule has 0 bridgehead atoms. The zero-order valence-corrected chi connectivity index (χ0v) is 15.3. The van der Waals surface area contributed by atoms with Gasteiger partial charge in [0.2, 0.25) is 0 Å². The number of aliphatic imine (C=N–C) groups is 1. The van der Waals surface area contributed by atoms with Gasteiger partial charge in [0.05, 0.1) is 7.11 Å². The molecule has 26 heavy (non-hydrogen) atoms. The van der Waals surface area contributed by atoms with Crippen LogP contribution in [-0.2, 0) is 16.1 Å². The van der Waals surface area contributed by atoms with Crippen LogP contribution in [0.3, 0.4) is 0 Å². The fourth-order valence-electron chi connectivity index (χ4n) is 2.32. The van der Waals surface area contributed by atoms with Crippen LogP contribution < -0.4 is 15.4 Å². The Labute approximate surface area is 153 Å². The highest BCUT2D eigenvalue weighted by atomic mass is 19.3. The summed E-state index contributed by atoms with van der Waals surface area (Å²) in [6.45, 7) is -1.80. The molecule has 0 aromatic heterocycles. The average Bonchev–Trinajstić information content (AvgIpc) is 2.63. The van der Waals surface area contributed by atoms with Crippen molar-refractivity contribution in [1.82, 2.24) is 10.6 Å². The van der Waals surface area contributed by atoms with Crippen molar-refractivity contribution in [3.05, 3.63) is 29.8 Å². The second kappa shape index (κ2) is 12.9. The minimum Gasteiger partial charge on any atom is -0.469 e. The van der Waals surface area contributed by atoms with Crippen LogP contribution in [0.5, 0.6) is 5.75 Å². The topological polar surface area (TPSA) is 72.0 Å². The van der Waals surface area contributed by atoms with Gasteiger partial charge in [-0.15, -0.1) is 0 Å². The maximum atomic E-state index is 12.4. The number of halogens is 2. The Morgan fingerprint density at radius 1 is 1.15 bits per heavy atom. The summed E-state index contributed by atoms with van der Waals surface area (Å²) >= 11 is 0. The van der Waals surface area contributed by atoms with Gasteiger partial charge in [-0.25, -0.2) is 0 Å². The first-order valence-corrected chi connectivity index (χ1v) is 8.61. The van der Waals surface area contributed by atoms with Gasteiger partial charge in [-0.2, -0.15) is 8.78 Å². The molecule has 0 saturated heterocycles. The summed E-state index contributed by atoms with van der Waals surface area (Å²) < 4.78 is 33.9. The highest BCUT2D eigenvalue weighted by Crippen LogP contribution is 2.19. The minimum absolute atomic E-state index is 0.149. The summed E-state index contributed by atoms with van der Waals surface area (Å²) in [6, 6.07) is 6.64. The number of para-hydroxylation sites is 1. The number of carbonyl (C=O) groups excluding carboxylic acids is 1. The second-order valence-electron chi connectivity index (χ2n) is 5.58. The maximum absolute atomic E-state index is 12.4. The third-order valence-corrected chi connectivity index (χ3v) is 3.69. The Kier molecular flexibility index (Phi) is 10.8. The number of esters is 1. The summed E-state index contributed by atoms with van der Waals surface area (Å²) in [4.78, 5) is 15.1. The number of guanidine groups is 1. The number of hydrogen-bond acceptors (Lipinski definition) is 4. The quantitative estimate of drug-likeness (QED) is 0.271. The predicted molar refractivity (Wildman–Crippen MR) is 96.4 cm³/mol. The molecule has 1 aromatic carbocycles. The summed E-state index contributed by atoms with van der Waals surface area (Å²) in [5.74, 6) is 0.561. The number of rotatable bonds is 11. The second-order valence-corrected chi connectivity index (χ2v) is 5.58. The molecule has 0 atom stereocenters. The molecule has 0 unspecified atom stereocenters.